The first kappa shape index (κ1) is 11.3. The summed E-state index contributed by atoms with van der Waals surface area (Å²) >= 11 is 0. The van der Waals surface area contributed by atoms with Crippen LogP contribution in [0.4, 0.5) is 0 Å². The molecule has 0 aliphatic rings. The molecular formula is C11H15N3O. The van der Waals surface area contributed by atoms with E-state index in [0.717, 1.165) is 5.56 Å². The molecule has 0 fully saturated rings. The zero-order chi connectivity index (χ0) is 11.3. The molecule has 80 valence electrons. The van der Waals surface area contributed by atoms with Crippen LogP contribution in [-0.4, -0.2) is 17.4 Å². The van der Waals surface area contributed by atoms with Gasteiger partial charge in [-0.1, -0.05) is 13.8 Å². The minimum absolute atomic E-state index is 0.0801. The van der Waals surface area contributed by atoms with Crippen LogP contribution in [0.15, 0.2) is 18.5 Å². The fourth-order valence-electron chi connectivity index (χ4n) is 1.30. The Morgan fingerprint density at radius 3 is 2.93 bits per heavy atom. The van der Waals surface area contributed by atoms with Crippen molar-refractivity contribution >= 4 is 5.91 Å². The molecule has 15 heavy (non-hydrogen) atoms. The summed E-state index contributed by atoms with van der Waals surface area (Å²) < 4.78 is 0. The van der Waals surface area contributed by atoms with Crippen LogP contribution in [0.2, 0.25) is 0 Å². The lowest BCUT2D eigenvalue weighted by molar-refractivity contribution is -0.120. The van der Waals surface area contributed by atoms with Crippen molar-refractivity contribution in [2.45, 2.75) is 25.7 Å². The van der Waals surface area contributed by atoms with Crippen LogP contribution in [0.3, 0.4) is 0 Å². The number of aromatic nitrogens is 1. The van der Waals surface area contributed by atoms with Gasteiger partial charge in [-0.3, -0.25) is 4.79 Å². The Kier molecular flexibility index (Phi) is 3.51. The van der Waals surface area contributed by atoms with Gasteiger partial charge < -0.3 is 10.3 Å². The first-order valence-electron chi connectivity index (χ1n) is 4.83. The highest BCUT2D eigenvalue weighted by Gasteiger charge is 2.21. The monoisotopic (exact) mass is 205 g/mol. The summed E-state index contributed by atoms with van der Waals surface area (Å²) in [6.45, 7) is 4.62. The van der Waals surface area contributed by atoms with Crippen LogP contribution in [0.1, 0.15) is 25.8 Å². The van der Waals surface area contributed by atoms with E-state index in [4.69, 9.17) is 5.26 Å². The number of nitrogens with one attached hydrogen (secondary N) is 2. The average Bonchev–Trinajstić information content (AvgIpc) is 2.69. The number of hydrogen-bond donors (Lipinski definition) is 2. The van der Waals surface area contributed by atoms with Crippen LogP contribution in [0, 0.1) is 11.3 Å². The lowest BCUT2D eigenvalue weighted by atomic mass is 9.86. The molecule has 1 heterocycles. The van der Waals surface area contributed by atoms with Crippen molar-refractivity contribution in [1.82, 2.24) is 10.3 Å². The maximum absolute atomic E-state index is 11.1. The second-order valence-corrected chi connectivity index (χ2v) is 4.10. The first-order valence-corrected chi connectivity index (χ1v) is 4.83. The van der Waals surface area contributed by atoms with Crippen molar-refractivity contribution in [3.8, 4) is 6.07 Å². The zero-order valence-electron chi connectivity index (χ0n) is 9.00. The molecule has 0 saturated heterocycles. The van der Waals surface area contributed by atoms with Crippen molar-refractivity contribution in [2.24, 2.45) is 0 Å². The smallest absolute Gasteiger partial charge is 0.234 e. The van der Waals surface area contributed by atoms with Crippen molar-refractivity contribution in [2.75, 3.05) is 6.54 Å². The van der Waals surface area contributed by atoms with E-state index in [1.54, 1.807) is 0 Å². The van der Waals surface area contributed by atoms with Gasteiger partial charge >= 0.3 is 0 Å². The van der Waals surface area contributed by atoms with Crippen LogP contribution < -0.4 is 5.32 Å². The van der Waals surface area contributed by atoms with E-state index in [2.05, 4.69) is 10.3 Å². The number of rotatable bonds is 4. The van der Waals surface area contributed by atoms with Crippen molar-refractivity contribution in [3.05, 3.63) is 24.0 Å². The second kappa shape index (κ2) is 4.65. The van der Waals surface area contributed by atoms with Gasteiger partial charge in [0.1, 0.15) is 6.42 Å². The second-order valence-electron chi connectivity index (χ2n) is 4.10. The minimum atomic E-state index is -0.221. The molecule has 0 saturated carbocycles. The van der Waals surface area contributed by atoms with Gasteiger partial charge in [-0.15, -0.1) is 0 Å². The van der Waals surface area contributed by atoms with Gasteiger partial charge in [0.2, 0.25) is 5.91 Å². The summed E-state index contributed by atoms with van der Waals surface area (Å²) in [5.74, 6) is -0.221. The van der Waals surface area contributed by atoms with Gasteiger partial charge in [-0.05, 0) is 11.6 Å². The number of nitrogens with zero attached hydrogens (tertiary/aromatic N) is 1. The third-order valence-corrected chi connectivity index (χ3v) is 2.35. The van der Waals surface area contributed by atoms with Crippen LogP contribution in [0.25, 0.3) is 0 Å². The molecular weight excluding hydrogens is 190 g/mol. The van der Waals surface area contributed by atoms with E-state index < -0.39 is 0 Å². The summed E-state index contributed by atoms with van der Waals surface area (Å²) in [5.41, 5.74) is 1.02. The molecule has 0 aromatic carbocycles. The molecule has 1 aromatic heterocycles. The SMILES string of the molecule is CC(C)(CNC(=O)CC#N)c1cc[nH]c1. The molecule has 0 spiro atoms. The molecule has 0 aliphatic carbocycles. The average molecular weight is 205 g/mol. The molecule has 0 atom stereocenters. The van der Waals surface area contributed by atoms with Gasteiger partial charge in [0.05, 0.1) is 6.07 Å². The van der Waals surface area contributed by atoms with E-state index >= 15 is 0 Å². The van der Waals surface area contributed by atoms with Crippen LogP contribution in [0.5, 0.6) is 0 Å². The molecule has 4 nitrogen and oxygen atoms in total. The maximum Gasteiger partial charge on any atom is 0.234 e. The predicted molar refractivity (Wildman–Crippen MR) is 57.1 cm³/mol. The third kappa shape index (κ3) is 3.13. The number of amides is 1. The number of carbonyl (C=O) groups excluding carboxylic acids is 1. The Morgan fingerprint density at radius 2 is 2.40 bits per heavy atom. The number of hydrogen-bond acceptors (Lipinski definition) is 2. The quantitative estimate of drug-likeness (QED) is 0.778. The van der Waals surface area contributed by atoms with Gasteiger partial charge in [0, 0.05) is 24.4 Å². The molecule has 1 rings (SSSR count). The van der Waals surface area contributed by atoms with Gasteiger partial charge in [-0.2, -0.15) is 5.26 Å². The topological polar surface area (TPSA) is 68.7 Å². The lowest BCUT2D eigenvalue weighted by Gasteiger charge is -2.23. The molecule has 0 radical (unpaired) electrons. The summed E-state index contributed by atoms with van der Waals surface area (Å²) in [6, 6.07) is 3.80. The summed E-state index contributed by atoms with van der Waals surface area (Å²) in [7, 11) is 0. The van der Waals surface area contributed by atoms with Crippen LogP contribution >= 0.6 is 0 Å². The normalized spacial score (nSPS) is 10.7. The maximum atomic E-state index is 11.1. The highest BCUT2D eigenvalue weighted by molar-refractivity contribution is 5.78. The van der Waals surface area contributed by atoms with Crippen LogP contribution in [-0.2, 0) is 10.2 Å². The molecule has 2 N–H and O–H groups in total. The van der Waals surface area contributed by atoms with Gasteiger partial charge in [-0.25, -0.2) is 0 Å². The molecule has 4 heteroatoms. The number of aromatic amines is 1. The molecule has 0 bridgehead atoms. The molecule has 0 unspecified atom stereocenters. The van der Waals surface area contributed by atoms with Crippen molar-refractivity contribution in [3.63, 3.8) is 0 Å². The van der Waals surface area contributed by atoms with E-state index in [1.807, 2.05) is 38.4 Å². The highest BCUT2D eigenvalue weighted by Crippen LogP contribution is 2.21. The lowest BCUT2D eigenvalue weighted by Crippen LogP contribution is -2.36. The van der Waals surface area contributed by atoms with E-state index in [-0.39, 0.29) is 17.7 Å². The minimum Gasteiger partial charge on any atom is -0.367 e. The Hall–Kier alpha value is -1.76. The van der Waals surface area contributed by atoms with Crippen molar-refractivity contribution in [1.29, 1.82) is 5.26 Å². The third-order valence-electron chi connectivity index (χ3n) is 2.35. The van der Waals surface area contributed by atoms with Gasteiger partial charge in [0.25, 0.3) is 0 Å². The Morgan fingerprint density at radius 1 is 1.67 bits per heavy atom. The zero-order valence-corrected chi connectivity index (χ0v) is 9.00. The fourth-order valence-corrected chi connectivity index (χ4v) is 1.30. The van der Waals surface area contributed by atoms with Crippen molar-refractivity contribution < 1.29 is 4.79 Å². The van der Waals surface area contributed by atoms with E-state index in [1.165, 1.54) is 0 Å². The number of carbonyl (C=O) groups is 1. The summed E-state index contributed by atoms with van der Waals surface area (Å²) in [5, 5.41) is 11.1. The number of H-pyrrole nitrogens is 1. The van der Waals surface area contributed by atoms with E-state index in [0.29, 0.717) is 6.54 Å². The fraction of sp³-hybridized carbons (Fsp3) is 0.455. The highest BCUT2D eigenvalue weighted by atomic mass is 16.1. The van der Waals surface area contributed by atoms with Gasteiger partial charge in [0.15, 0.2) is 0 Å². The van der Waals surface area contributed by atoms with E-state index in [9.17, 15) is 4.79 Å². The summed E-state index contributed by atoms with van der Waals surface area (Å²) in [4.78, 5) is 14.1. The molecule has 1 aromatic rings. The molecule has 1 amide bonds. The Balaban J connectivity index is 2.51. The number of nitriles is 1. The Labute approximate surface area is 89.3 Å². The largest absolute Gasteiger partial charge is 0.367 e. The Bertz CT molecular complexity index is 360. The summed E-state index contributed by atoms with van der Waals surface area (Å²) in [6.07, 6.45) is 3.69. The standard InChI is InChI=1S/C11H15N3O/c1-11(2,9-4-6-13-7-9)8-14-10(15)3-5-12/h4,6-7,13H,3,8H2,1-2H3,(H,14,15). The molecule has 0 aliphatic heterocycles. The first-order chi connectivity index (χ1) is 7.06. The predicted octanol–water partition coefficient (Wildman–Crippen LogP) is 1.32.